The Hall–Kier alpha value is -1.59. The van der Waals surface area contributed by atoms with E-state index in [2.05, 4.69) is 6.07 Å². The van der Waals surface area contributed by atoms with Crippen LogP contribution >= 0.6 is 0 Å². The highest BCUT2D eigenvalue weighted by atomic mass is 16.2. The van der Waals surface area contributed by atoms with Crippen LogP contribution in [0.25, 0.3) is 0 Å². The summed E-state index contributed by atoms with van der Waals surface area (Å²) in [5, 5.41) is 17.7. The third-order valence-corrected chi connectivity index (χ3v) is 3.01. The molecular formula is C11H16N4O. The second-order valence-corrected chi connectivity index (χ2v) is 3.99. The maximum atomic E-state index is 12.0. The molecular weight excluding hydrogens is 204 g/mol. The molecule has 1 fully saturated rings. The normalized spacial score (nSPS) is 23.2. The van der Waals surface area contributed by atoms with E-state index in [0.29, 0.717) is 19.4 Å². The average molecular weight is 220 g/mol. The maximum Gasteiger partial charge on any atom is 0.241 e. The number of amides is 1. The van der Waals surface area contributed by atoms with Gasteiger partial charge >= 0.3 is 0 Å². The smallest absolute Gasteiger partial charge is 0.241 e. The van der Waals surface area contributed by atoms with E-state index in [4.69, 9.17) is 16.3 Å². The van der Waals surface area contributed by atoms with E-state index < -0.39 is 12.0 Å². The van der Waals surface area contributed by atoms with Crippen LogP contribution in [0.2, 0.25) is 0 Å². The van der Waals surface area contributed by atoms with Gasteiger partial charge in [-0.2, -0.15) is 10.5 Å². The lowest BCUT2D eigenvalue weighted by Crippen LogP contribution is -2.48. The molecule has 0 radical (unpaired) electrons. The third kappa shape index (κ3) is 2.32. The Morgan fingerprint density at radius 2 is 2.31 bits per heavy atom. The number of rotatable bonds is 3. The number of hydrogen-bond acceptors (Lipinski definition) is 4. The Kier molecular flexibility index (Phi) is 4.28. The summed E-state index contributed by atoms with van der Waals surface area (Å²) in [6.07, 6.45) is 2.09. The standard InChI is InChI=1S/C11H16N4O/c1-2-8(6-12)10(14)11(16)15-5-3-4-9(15)7-13/h8-10H,2-5,14H2,1H3/t8-,9?,10+/m1/s1. The zero-order valence-electron chi connectivity index (χ0n) is 9.39. The fourth-order valence-electron chi connectivity index (χ4n) is 1.95. The monoisotopic (exact) mass is 220 g/mol. The van der Waals surface area contributed by atoms with Crippen LogP contribution in [0.4, 0.5) is 0 Å². The predicted octanol–water partition coefficient (Wildman–Crippen LogP) is 0.378. The van der Waals surface area contributed by atoms with Gasteiger partial charge in [0.15, 0.2) is 0 Å². The van der Waals surface area contributed by atoms with Crippen LogP contribution in [0.15, 0.2) is 0 Å². The number of likely N-dealkylation sites (tertiary alicyclic amines) is 1. The van der Waals surface area contributed by atoms with Gasteiger partial charge in [0.1, 0.15) is 12.1 Å². The van der Waals surface area contributed by atoms with Gasteiger partial charge in [0.2, 0.25) is 5.91 Å². The Morgan fingerprint density at radius 3 is 2.81 bits per heavy atom. The van der Waals surface area contributed by atoms with Crippen molar-refractivity contribution in [3.05, 3.63) is 0 Å². The summed E-state index contributed by atoms with van der Waals surface area (Å²) in [6, 6.07) is 2.96. The molecule has 1 saturated heterocycles. The Morgan fingerprint density at radius 1 is 1.62 bits per heavy atom. The zero-order chi connectivity index (χ0) is 12.1. The van der Waals surface area contributed by atoms with E-state index >= 15 is 0 Å². The Balaban J connectivity index is 2.71. The van der Waals surface area contributed by atoms with Crippen molar-refractivity contribution in [1.29, 1.82) is 10.5 Å². The molecule has 0 aromatic rings. The summed E-state index contributed by atoms with van der Waals surface area (Å²) >= 11 is 0. The molecule has 1 rings (SSSR count). The zero-order valence-corrected chi connectivity index (χ0v) is 9.39. The van der Waals surface area contributed by atoms with Crippen molar-refractivity contribution < 1.29 is 4.79 Å². The molecule has 1 aliphatic heterocycles. The van der Waals surface area contributed by atoms with E-state index in [1.54, 1.807) is 0 Å². The molecule has 1 heterocycles. The molecule has 5 heteroatoms. The minimum absolute atomic E-state index is 0.266. The SMILES string of the molecule is CC[C@H](C#N)[C@H](N)C(=O)N1CCCC1C#N. The molecule has 1 unspecified atom stereocenters. The van der Waals surface area contributed by atoms with Gasteiger partial charge in [0.25, 0.3) is 0 Å². The Labute approximate surface area is 95.4 Å². The number of carbonyl (C=O) groups excluding carboxylic acids is 1. The molecule has 2 N–H and O–H groups in total. The molecule has 86 valence electrons. The molecule has 3 atom stereocenters. The molecule has 0 aromatic heterocycles. The van der Waals surface area contributed by atoms with E-state index in [1.807, 2.05) is 13.0 Å². The number of nitrogens with two attached hydrogens (primary N) is 1. The number of nitriles is 2. The maximum absolute atomic E-state index is 12.0. The quantitative estimate of drug-likeness (QED) is 0.743. The van der Waals surface area contributed by atoms with Crippen LogP contribution in [-0.4, -0.2) is 29.4 Å². The van der Waals surface area contributed by atoms with Crippen LogP contribution in [0.5, 0.6) is 0 Å². The minimum Gasteiger partial charge on any atom is -0.325 e. The van der Waals surface area contributed by atoms with Crippen molar-refractivity contribution in [3.8, 4) is 12.1 Å². The lowest BCUT2D eigenvalue weighted by Gasteiger charge is -2.25. The molecule has 0 saturated carbocycles. The van der Waals surface area contributed by atoms with Crippen LogP contribution in [0.3, 0.4) is 0 Å². The topological polar surface area (TPSA) is 93.9 Å². The van der Waals surface area contributed by atoms with Crippen molar-refractivity contribution in [3.63, 3.8) is 0 Å². The highest BCUT2D eigenvalue weighted by Crippen LogP contribution is 2.19. The summed E-state index contributed by atoms with van der Waals surface area (Å²) in [6.45, 7) is 2.40. The summed E-state index contributed by atoms with van der Waals surface area (Å²) < 4.78 is 0. The lowest BCUT2D eigenvalue weighted by atomic mass is 9.98. The first-order valence-electron chi connectivity index (χ1n) is 5.51. The summed E-state index contributed by atoms with van der Waals surface area (Å²) in [7, 11) is 0. The van der Waals surface area contributed by atoms with Crippen molar-refractivity contribution in [2.75, 3.05) is 6.54 Å². The average Bonchev–Trinajstić information content (AvgIpc) is 2.77. The van der Waals surface area contributed by atoms with Gasteiger partial charge in [0.05, 0.1) is 18.1 Å². The highest BCUT2D eigenvalue weighted by Gasteiger charge is 2.34. The van der Waals surface area contributed by atoms with Crippen molar-refractivity contribution in [1.82, 2.24) is 4.90 Å². The van der Waals surface area contributed by atoms with Crippen LogP contribution in [0, 0.1) is 28.6 Å². The third-order valence-electron chi connectivity index (χ3n) is 3.01. The minimum atomic E-state index is -0.802. The van der Waals surface area contributed by atoms with Crippen molar-refractivity contribution in [2.45, 2.75) is 38.3 Å². The van der Waals surface area contributed by atoms with E-state index in [9.17, 15) is 4.79 Å². The van der Waals surface area contributed by atoms with Gasteiger partial charge in [0, 0.05) is 6.54 Å². The molecule has 0 aliphatic carbocycles. The summed E-state index contributed by atoms with van der Waals surface area (Å²) in [5.74, 6) is -0.732. The second-order valence-electron chi connectivity index (χ2n) is 3.99. The molecule has 1 amide bonds. The molecule has 0 bridgehead atoms. The first-order chi connectivity index (χ1) is 7.65. The molecule has 16 heavy (non-hydrogen) atoms. The first-order valence-corrected chi connectivity index (χ1v) is 5.51. The van der Waals surface area contributed by atoms with Gasteiger partial charge in [-0.15, -0.1) is 0 Å². The number of hydrogen-bond donors (Lipinski definition) is 1. The van der Waals surface area contributed by atoms with Crippen LogP contribution < -0.4 is 5.73 Å². The van der Waals surface area contributed by atoms with Gasteiger partial charge in [-0.3, -0.25) is 4.79 Å². The van der Waals surface area contributed by atoms with Crippen LogP contribution in [0.1, 0.15) is 26.2 Å². The fraction of sp³-hybridized carbons (Fsp3) is 0.727. The van der Waals surface area contributed by atoms with Crippen LogP contribution in [-0.2, 0) is 4.79 Å². The van der Waals surface area contributed by atoms with Gasteiger partial charge in [-0.1, -0.05) is 6.92 Å². The summed E-state index contributed by atoms with van der Waals surface area (Å²) in [4.78, 5) is 13.5. The van der Waals surface area contributed by atoms with E-state index in [1.165, 1.54) is 4.90 Å². The molecule has 0 aromatic carbocycles. The molecule has 0 spiro atoms. The Bertz CT molecular complexity index is 341. The number of nitrogens with zero attached hydrogens (tertiary/aromatic N) is 3. The lowest BCUT2D eigenvalue weighted by molar-refractivity contribution is -0.133. The highest BCUT2D eigenvalue weighted by molar-refractivity contribution is 5.83. The van der Waals surface area contributed by atoms with E-state index in [-0.39, 0.29) is 11.9 Å². The number of carbonyl (C=O) groups is 1. The fourth-order valence-corrected chi connectivity index (χ4v) is 1.95. The molecule has 1 aliphatic rings. The van der Waals surface area contributed by atoms with Gasteiger partial charge < -0.3 is 10.6 Å². The van der Waals surface area contributed by atoms with E-state index in [0.717, 1.165) is 6.42 Å². The van der Waals surface area contributed by atoms with Crippen molar-refractivity contribution >= 4 is 5.91 Å². The van der Waals surface area contributed by atoms with Gasteiger partial charge in [-0.25, -0.2) is 0 Å². The largest absolute Gasteiger partial charge is 0.325 e. The first kappa shape index (κ1) is 12.5. The van der Waals surface area contributed by atoms with Gasteiger partial charge in [-0.05, 0) is 19.3 Å². The predicted molar refractivity (Wildman–Crippen MR) is 57.7 cm³/mol. The second kappa shape index (κ2) is 5.48. The molecule has 5 nitrogen and oxygen atoms in total. The summed E-state index contributed by atoms with van der Waals surface area (Å²) in [5.41, 5.74) is 5.76. The van der Waals surface area contributed by atoms with Crippen molar-refractivity contribution in [2.24, 2.45) is 11.7 Å².